The molecule has 0 aliphatic carbocycles. The number of nitrogens with one attached hydrogen (secondary N) is 1. The predicted octanol–water partition coefficient (Wildman–Crippen LogP) is 0.288. The van der Waals surface area contributed by atoms with Crippen LogP contribution in [0.4, 0.5) is 0 Å². The third kappa shape index (κ3) is 7.10. The molecule has 1 amide bonds. The summed E-state index contributed by atoms with van der Waals surface area (Å²) in [5.74, 6) is 2.17. The fraction of sp³-hybridized carbons (Fsp3) is 0.667. The van der Waals surface area contributed by atoms with E-state index in [0.717, 1.165) is 19.3 Å². The van der Waals surface area contributed by atoms with Crippen LogP contribution in [0.5, 0.6) is 0 Å². The van der Waals surface area contributed by atoms with E-state index < -0.39 is 0 Å². The number of aliphatic hydroxyl groups excluding tert-OH is 1. The topological polar surface area (TPSA) is 49.3 Å². The zero-order chi connectivity index (χ0) is 9.23. The van der Waals surface area contributed by atoms with E-state index in [1.54, 1.807) is 0 Å². The van der Waals surface area contributed by atoms with Gasteiger partial charge in [0.25, 0.3) is 0 Å². The second-order valence-corrected chi connectivity index (χ2v) is 2.52. The van der Waals surface area contributed by atoms with Crippen LogP contribution in [-0.4, -0.2) is 24.2 Å². The molecule has 2 N–H and O–H groups in total. The number of unbranched alkanes of at least 4 members (excludes halogenated alkanes) is 2. The van der Waals surface area contributed by atoms with E-state index in [2.05, 4.69) is 11.2 Å². The Kier molecular flexibility index (Phi) is 7.41. The maximum absolute atomic E-state index is 10.8. The molecule has 68 valence electrons. The average molecular weight is 169 g/mol. The summed E-state index contributed by atoms with van der Waals surface area (Å²) in [6, 6.07) is 0. The van der Waals surface area contributed by atoms with E-state index in [9.17, 15) is 4.79 Å². The third-order valence-electron chi connectivity index (χ3n) is 1.42. The molecule has 0 fully saturated rings. The highest BCUT2D eigenvalue weighted by atomic mass is 16.2. The minimum atomic E-state index is -0.0958. The summed E-state index contributed by atoms with van der Waals surface area (Å²) < 4.78 is 0. The van der Waals surface area contributed by atoms with E-state index in [1.165, 1.54) is 0 Å². The molecule has 0 saturated carbocycles. The number of amides is 1. The molecule has 0 radical (unpaired) electrons. The maximum atomic E-state index is 10.8. The van der Waals surface area contributed by atoms with Crippen molar-refractivity contribution in [3.05, 3.63) is 0 Å². The molecule has 3 heteroatoms. The Morgan fingerprint density at radius 3 is 2.75 bits per heavy atom. The number of carbonyl (C=O) groups is 1. The van der Waals surface area contributed by atoms with Crippen LogP contribution in [0.15, 0.2) is 0 Å². The number of hydrogen-bond donors (Lipinski definition) is 2. The van der Waals surface area contributed by atoms with Gasteiger partial charge in [0.2, 0.25) is 5.91 Å². The lowest BCUT2D eigenvalue weighted by atomic mass is 10.2. The quantitative estimate of drug-likeness (QED) is 0.443. The van der Waals surface area contributed by atoms with Gasteiger partial charge in [-0.3, -0.25) is 4.79 Å². The molecule has 0 bridgehead atoms. The van der Waals surface area contributed by atoms with Crippen molar-refractivity contribution in [3.8, 4) is 12.3 Å². The summed E-state index contributed by atoms with van der Waals surface area (Å²) in [7, 11) is 0. The number of hydrogen-bond acceptors (Lipinski definition) is 2. The second-order valence-electron chi connectivity index (χ2n) is 2.52. The predicted molar refractivity (Wildman–Crippen MR) is 47.4 cm³/mol. The van der Waals surface area contributed by atoms with E-state index in [-0.39, 0.29) is 18.9 Å². The molecule has 12 heavy (non-hydrogen) atoms. The van der Waals surface area contributed by atoms with Crippen LogP contribution in [0.3, 0.4) is 0 Å². The molecule has 0 aromatic rings. The van der Waals surface area contributed by atoms with Gasteiger partial charge in [0.05, 0.1) is 6.42 Å². The first-order valence-electron chi connectivity index (χ1n) is 4.12. The van der Waals surface area contributed by atoms with Gasteiger partial charge in [0.15, 0.2) is 0 Å². The molecular formula is C9H15NO2. The smallest absolute Gasteiger partial charge is 0.232 e. The Labute approximate surface area is 73.2 Å². The highest BCUT2D eigenvalue weighted by Crippen LogP contribution is 1.91. The van der Waals surface area contributed by atoms with Crippen LogP contribution >= 0.6 is 0 Å². The van der Waals surface area contributed by atoms with Crippen molar-refractivity contribution in [3.63, 3.8) is 0 Å². The highest BCUT2D eigenvalue weighted by molar-refractivity contribution is 5.78. The fourth-order valence-electron chi connectivity index (χ4n) is 0.797. The standard InChI is InChI=1S/C9H15NO2/c1-2-6-9(12)10-7-4-3-5-8-11/h1,11H,3-8H2,(H,10,12). The minimum Gasteiger partial charge on any atom is -0.396 e. The summed E-state index contributed by atoms with van der Waals surface area (Å²) in [6.07, 6.45) is 7.72. The molecule has 0 spiro atoms. The van der Waals surface area contributed by atoms with Crippen LogP contribution in [0.25, 0.3) is 0 Å². The average Bonchev–Trinajstić information content (AvgIpc) is 2.05. The monoisotopic (exact) mass is 169 g/mol. The van der Waals surface area contributed by atoms with Gasteiger partial charge in [0, 0.05) is 13.2 Å². The SMILES string of the molecule is C#CCC(=O)NCCCCCO. The number of terminal acetylenes is 1. The molecule has 0 unspecified atom stereocenters. The Bertz CT molecular complexity index is 160. The third-order valence-corrected chi connectivity index (χ3v) is 1.42. The van der Waals surface area contributed by atoms with Crippen molar-refractivity contribution < 1.29 is 9.90 Å². The number of carbonyl (C=O) groups excluding carboxylic acids is 1. The van der Waals surface area contributed by atoms with Gasteiger partial charge in [-0.25, -0.2) is 0 Å². The van der Waals surface area contributed by atoms with Crippen molar-refractivity contribution in [2.75, 3.05) is 13.2 Å². The van der Waals surface area contributed by atoms with Crippen LogP contribution < -0.4 is 5.32 Å². The summed E-state index contributed by atoms with van der Waals surface area (Å²) in [4.78, 5) is 10.8. The lowest BCUT2D eigenvalue weighted by Gasteiger charge is -2.01. The van der Waals surface area contributed by atoms with Crippen LogP contribution in [0, 0.1) is 12.3 Å². The molecule has 3 nitrogen and oxygen atoms in total. The van der Waals surface area contributed by atoms with Crippen molar-refractivity contribution in [2.24, 2.45) is 0 Å². The van der Waals surface area contributed by atoms with Gasteiger partial charge < -0.3 is 10.4 Å². The Hall–Kier alpha value is -1.01. The van der Waals surface area contributed by atoms with Crippen molar-refractivity contribution >= 4 is 5.91 Å². The van der Waals surface area contributed by atoms with E-state index in [4.69, 9.17) is 11.5 Å². The van der Waals surface area contributed by atoms with Crippen LogP contribution in [0.2, 0.25) is 0 Å². The Morgan fingerprint density at radius 2 is 2.17 bits per heavy atom. The second kappa shape index (κ2) is 8.09. The summed E-state index contributed by atoms with van der Waals surface area (Å²) in [5.41, 5.74) is 0. The van der Waals surface area contributed by atoms with Gasteiger partial charge in [-0.1, -0.05) is 5.92 Å². The van der Waals surface area contributed by atoms with Gasteiger partial charge in [-0.2, -0.15) is 0 Å². The van der Waals surface area contributed by atoms with Gasteiger partial charge in [-0.15, -0.1) is 6.42 Å². The first kappa shape index (κ1) is 11.0. The fourth-order valence-corrected chi connectivity index (χ4v) is 0.797. The normalized spacial score (nSPS) is 9.00. The molecule has 0 aromatic carbocycles. The minimum absolute atomic E-state index is 0.0958. The Balaban J connectivity index is 3.10. The zero-order valence-corrected chi connectivity index (χ0v) is 7.18. The van der Waals surface area contributed by atoms with Crippen molar-refractivity contribution in [1.29, 1.82) is 0 Å². The van der Waals surface area contributed by atoms with Crippen molar-refractivity contribution in [1.82, 2.24) is 5.32 Å². The maximum Gasteiger partial charge on any atom is 0.232 e. The molecule has 0 aliphatic heterocycles. The highest BCUT2D eigenvalue weighted by Gasteiger charge is 1.95. The molecule has 0 heterocycles. The molecule has 0 saturated heterocycles. The molecular weight excluding hydrogens is 154 g/mol. The van der Waals surface area contributed by atoms with Gasteiger partial charge >= 0.3 is 0 Å². The first-order chi connectivity index (χ1) is 5.81. The van der Waals surface area contributed by atoms with E-state index >= 15 is 0 Å². The molecule has 0 rings (SSSR count). The van der Waals surface area contributed by atoms with E-state index in [1.807, 2.05) is 0 Å². The number of rotatable bonds is 6. The Morgan fingerprint density at radius 1 is 1.42 bits per heavy atom. The number of aliphatic hydroxyl groups is 1. The van der Waals surface area contributed by atoms with Crippen molar-refractivity contribution in [2.45, 2.75) is 25.7 Å². The summed E-state index contributed by atoms with van der Waals surface area (Å²) in [6.45, 7) is 0.874. The van der Waals surface area contributed by atoms with Gasteiger partial charge in [0.1, 0.15) is 0 Å². The molecule has 0 atom stereocenters. The lowest BCUT2D eigenvalue weighted by molar-refractivity contribution is -0.120. The molecule has 0 aromatic heterocycles. The molecule has 0 aliphatic rings. The first-order valence-corrected chi connectivity index (χ1v) is 4.12. The van der Waals surface area contributed by atoms with Gasteiger partial charge in [-0.05, 0) is 19.3 Å². The van der Waals surface area contributed by atoms with Crippen LogP contribution in [0.1, 0.15) is 25.7 Å². The summed E-state index contributed by atoms with van der Waals surface area (Å²) in [5, 5.41) is 11.1. The largest absolute Gasteiger partial charge is 0.396 e. The van der Waals surface area contributed by atoms with E-state index in [0.29, 0.717) is 6.54 Å². The summed E-state index contributed by atoms with van der Waals surface area (Å²) >= 11 is 0. The lowest BCUT2D eigenvalue weighted by Crippen LogP contribution is -2.23. The van der Waals surface area contributed by atoms with Crippen LogP contribution in [-0.2, 0) is 4.79 Å². The zero-order valence-electron chi connectivity index (χ0n) is 7.18.